The van der Waals surface area contributed by atoms with Crippen molar-refractivity contribution in [2.75, 3.05) is 18.5 Å². The van der Waals surface area contributed by atoms with Crippen molar-refractivity contribution in [3.05, 3.63) is 48.5 Å². The van der Waals surface area contributed by atoms with Crippen molar-refractivity contribution >= 4 is 41.8 Å². The number of hydrogen-bond acceptors (Lipinski definition) is 9. The predicted octanol–water partition coefficient (Wildman–Crippen LogP) is 3.03. The lowest BCUT2D eigenvalue weighted by Gasteiger charge is -2.15. The van der Waals surface area contributed by atoms with E-state index in [1.165, 1.54) is 17.2 Å². The molecular weight excluding hydrogens is 458 g/mol. The number of nitrogens with one attached hydrogen (secondary N) is 1. The number of halogens is 1. The van der Waals surface area contributed by atoms with Gasteiger partial charge in [0.05, 0.1) is 25.4 Å². The Morgan fingerprint density at radius 2 is 2.19 bits per heavy atom. The molecule has 4 rings (SSSR count). The molecule has 1 aromatic carbocycles. The highest BCUT2D eigenvalue weighted by Gasteiger charge is 2.44. The highest BCUT2D eigenvalue weighted by Crippen LogP contribution is 2.37. The molecule has 1 amide bonds. The first-order chi connectivity index (χ1) is 15.6. The van der Waals surface area contributed by atoms with E-state index < -0.39 is 25.7 Å². The highest BCUT2D eigenvalue weighted by molar-refractivity contribution is 8.00. The molecule has 1 aliphatic heterocycles. The van der Waals surface area contributed by atoms with Crippen molar-refractivity contribution in [2.45, 2.75) is 24.9 Å². The SMILES string of the molecule is N#CCCO[P+](=S)OC1COC(n2cnc3c(NC(=O)c4ccccc4)ncnc32)C1F. The van der Waals surface area contributed by atoms with Gasteiger partial charge in [-0.2, -0.15) is 5.26 Å². The van der Waals surface area contributed by atoms with Crippen molar-refractivity contribution in [3.8, 4) is 6.07 Å². The first kappa shape index (κ1) is 22.3. The summed E-state index contributed by atoms with van der Waals surface area (Å²) in [6.45, 7) is 0.0888. The van der Waals surface area contributed by atoms with Gasteiger partial charge in [-0.1, -0.05) is 18.2 Å². The van der Waals surface area contributed by atoms with Crippen LogP contribution in [0.4, 0.5) is 10.2 Å². The molecule has 0 bridgehead atoms. The normalized spacial score (nSPS) is 20.8. The van der Waals surface area contributed by atoms with Gasteiger partial charge in [0.2, 0.25) is 11.8 Å². The Bertz CT molecular complexity index is 1170. The Kier molecular flexibility index (Phi) is 7.04. The van der Waals surface area contributed by atoms with Gasteiger partial charge in [0, 0.05) is 5.56 Å². The minimum Gasteiger partial charge on any atom is -0.352 e. The molecule has 0 radical (unpaired) electrons. The lowest BCUT2D eigenvalue weighted by atomic mass is 10.2. The second-order valence-corrected chi connectivity index (χ2v) is 8.45. The zero-order chi connectivity index (χ0) is 22.5. The van der Waals surface area contributed by atoms with Crippen molar-refractivity contribution in [1.82, 2.24) is 19.5 Å². The van der Waals surface area contributed by atoms with Crippen LogP contribution in [0.15, 0.2) is 43.0 Å². The maximum atomic E-state index is 15.1. The summed E-state index contributed by atoms with van der Waals surface area (Å²) in [5.41, 5.74) is 1.05. The second-order valence-electron chi connectivity index (χ2n) is 6.64. The molecule has 164 valence electrons. The molecule has 13 heteroatoms. The van der Waals surface area contributed by atoms with Gasteiger partial charge in [0.25, 0.3) is 5.91 Å². The molecule has 3 aromatic rings. The number of fused-ring (bicyclic) bond motifs is 1. The summed E-state index contributed by atoms with van der Waals surface area (Å²) in [6.07, 6.45) is -0.736. The summed E-state index contributed by atoms with van der Waals surface area (Å²) in [5, 5.41) is 11.2. The second kappa shape index (κ2) is 10.1. The van der Waals surface area contributed by atoms with Crippen LogP contribution >= 0.6 is 7.15 Å². The fraction of sp³-hybridized carbons (Fsp3) is 0.316. The average molecular weight is 475 g/mol. The van der Waals surface area contributed by atoms with E-state index in [2.05, 4.69) is 20.3 Å². The van der Waals surface area contributed by atoms with Gasteiger partial charge in [-0.15, -0.1) is 9.05 Å². The molecule has 1 N–H and O–H groups in total. The van der Waals surface area contributed by atoms with E-state index in [1.54, 1.807) is 30.3 Å². The average Bonchev–Trinajstić information content (AvgIpc) is 3.38. The summed E-state index contributed by atoms with van der Waals surface area (Å²) in [4.78, 5) is 25.0. The molecule has 1 saturated heterocycles. The van der Waals surface area contributed by atoms with Crippen LogP contribution in [0.2, 0.25) is 0 Å². The number of amides is 1. The van der Waals surface area contributed by atoms with Crippen LogP contribution in [-0.2, 0) is 25.6 Å². The number of rotatable bonds is 8. The molecule has 1 fully saturated rings. The van der Waals surface area contributed by atoms with Gasteiger partial charge < -0.3 is 10.1 Å². The largest absolute Gasteiger partial charge is 0.522 e. The van der Waals surface area contributed by atoms with Gasteiger partial charge in [-0.05, 0) is 12.1 Å². The Labute approximate surface area is 187 Å². The van der Waals surface area contributed by atoms with E-state index in [4.69, 9.17) is 30.9 Å². The van der Waals surface area contributed by atoms with Crippen molar-refractivity contribution in [1.29, 1.82) is 5.26 Å². The zero-order valence-electron chi connectivity index (χ0n) is 16.5. The van der Waals surface area contributed by atoms with Crippen molar-refractivity contribution in [3.63, 3.8) is 0 Å². The van der Waals surface area contributed by atoms with Gasteiger partial charge in [-0.3, -0.25) is 9.36 Å². The maximum absolute atomic E-state index is 15.1. The first-order valence-corrected chi connectivity index (χ1v) is 11.7. The molecule has 4 atom stereocenters. The van der Waals surface area contributed by atoms with Crippen LogP contribution in [0.5, 0.6) is 0 Å². The fourth-order valence-electron chi connectivity index (χ4n) is 3.09. The van der Waals surface area contributed by atoms with E-state index in [1.807, 2.05) is 6.07 Å². The number of anilines is 1. The topological polar surface area (TPSA) is 124 Å². The third kappa shape index (κ3) is 4.77. The summed E-state index contributed by atoms with van der Waals surface area (Å²) in [6, 6.07) is 10.6. The van der Waals surface area contributed by atoms with Gasteiger partial charge in [-0.25, -0.2) is 19.3 Å². The van der Waals surface area contributed by atoms with E-state index in [0.717, 1.165) is 0 Å². The minimum atomic E-state index is -1.76. The Balaban J connectivity index is 1.49. The molecule has 0 aliphatic carbocycles. The lowest BCUT2D eigenvalue weighted by Crippen LogP contribution is -2.25. The number of carbonyl (C=O) groups excluding carboxylic acids is 1. The van der Waals surface area contributed by atoms with Crippen molar-refractivity contribution in [2.24, 2.45) is 0 Å². The van der Waals surface area contributed by atoms with Gasteiger partial charge in [0.1, 0.15) is 12.9 Å². The van der Waals surface area contributed by atoms with Crippen LogP contribution in [0.1, 0.15) is 23.0 Å². The van der Waals surface area contributed by atoms with Crippen LogP contribution in [0, 0.1) is 11.3 Å². The number of nitriles is 1. The van der Waals surface area contributed by atoms with Crippen molar-refractivity contribution < 1.29 is 23.0 Å². The van der Waals surface area contributed by atoms with Crippen LogP contribution in [0.3, 0.4) is 0 Å². The van der Waals surface area contributed by atoms with E-state index in [-0.39, 0.29) is 31.4 Å². The smallest absolute Gasteiger partial charge is 0.352 e. The number of benzene rings is 1. The molecule has 32 heavy (non-hydrogen) atoms. The molecule has 10 nitrogen and oxygen atoms in total. The summed E-state index contributed by atoms with van der Waals surface area (Å²) >= 11 is 5.06. The van der Waals surface area contributed by atoms with Gasteiger partial charge in [0.15, 0.2) is 35.5 Å². The number of nitrogens with zero attached hydrogens (tertiary/aromatic N) is 5. The van der Waals surface area contributed by atoms with Crippen LogP contribution in [0.25, 0.3) is 11.2 Å². The van der Waals surface area contributed by atoms with Crippen LogP contribution < -0.4 is 5.32 Å². The third-order valence-corrected chi connectivity index (χ3v) is 6.00. The number of hydrogen-bond donors (Lipinski definition) is 1. The quantitative estimate of drug-likeness (QED) is 0.387. The zero-order valence-corrected chi connectivity index (χ0v) is 18.2. The molecule has 1 aliphatic rings. The molecule has 0 spiro atoms. The molecular formula is C19H17FN6O4PS+. The summed E-state index contributed by atoms with van der Waals surface area (Å²) < 4.78 is 32.7. The highest BCUT2D eigenvalue weighted by atomic mass is 32.4. The summed E-state index contributed by atoms with van der Waals surface area (Å²) in [5.74, 6) is -0.159. The van der Waals surface area contributed by atoms with E-state index in [9.17, 15) is 4.79 Å². The molecule has 0 saturated carbocycles. The Morgan fingerprint density at radius 3 is 2.97 bits per heavy atom. The minimum absolute atomic E-state index is 0.0364. The lowest BCUT2D eigenvalue weighted by molar-refractivity contribution is 0.0239. The number of aromatic nitrogens is 4. The van der Waals surface area contributed by atoms with E-state index >= 15 is 4.39 Å². The van der Waals surface area contributed by atoms with Gasteiger partial charge >= 0.3 is 7.15 Å². The van der Waals surface area contributed by atoms with E-state index in [0.29, 0.717) is 16.7 Å². The number of imidazole rings is 1. The fourth-order valence-corrected chi connectivity index (χ4v) is 4.34. The maximum Gasteiger partial charge on any atom is 0.522 e. The number of alkyl halides is 1. The van der Waals surface area contributed by atoms with Crippen LogP contribution in [-0.4, -0.2) is 50.9 Å². The predicted molar refractivity (Wildman–Crippen MR) is 115 cm³/mol. The summed E-state index contributed by atoms with van der Waals surface area (Å²) in [7, 11) is -1.76. The number of ether oxygens (including phenoxy) is 1. The monoisotopic (exact) mass is 475 g/mol. The Morgan fingerprint density at radius 1 is 1.38 bits per heavy atom. The molecule has 2 aromatic heterocycles. The third-order valence-electron chi connectivity index (χ3n) is 4.59. The molecule has 3 heterocycles. The molecule has 4 unspecified atom stereocenters. The standard InChI is InChI=1S/C19H16FN6O4PS/c20-14-13(30-31(32)29-8-4-7-21)9-28-19(14)26-11-24-15-16(22-10-23-17(15)26)25-18(27)12-5-2-1-3-6-12/h1-3,5-6,10-11,13-14,19H,4,8-9H2/p+1. The first-order valence-electron chi connectivity index (χ1n) is 9.52. The Hall–Kier alpha value is -2.94. The number of carbonyl (C=O) groups is 1.